The highest BCUT2D eigenvalue weighted by atomic mass is 33.1. The van der Waals surface area contributed by atoms with E-state index in [1.807, 2.05) is 0 Å². The van der Waals surface area contributed by atoms with E-state index < -0.39 is 151 Å². The monoisotopic (exact) mass is 1420 g/mol. The smallest absolute Gasteiger partial charge is 0.326 e. The van der Waals surface area contributed by atoms with Crippen LogP contribution in [0.15, 0.2) is 9.98 Å². The molecule has 10 amide bonds. The second-order valence-corrected chi connectivity index (χ2v) is 28.0. The predicted molar refractivity (Wildman–Crippen MR) is 374 cm³/mol. The predicted octanol–water partition coefficient (Wildman–Crippen LogP) is -2.28. The Labute approximate surface area is 578 Å². The van der Waals surface area contributed by atoms with Crippen molar-refractivity contribution in [3.8, 4) is 0 Å². The summed E-state index contributed by atoms with van der Waals surface area (Å²) >= 11 is 0. The second-order valence-electron chi connectivity index (χ2n) is 25.5. The highest BCUT2D eigenvalue weighted by Crippen LogP contribution is 2.23. The maximum absolute atomic E-state index is 14.4. The number of unbranched alkanes of at least 4 members (excludes halogenated alkanes) is 6. The van der Waals surface area contributed by atoms with Crippen LogP contribution in [0.3, 0.4) is 0 Å². The number of guanidine groups is 2. The lowest BCUT2D eigenvalue weighted by Crippen LogP contribution is -2.62. The number of aliphatic imine (C=N–C) groups is 2. The number of aliphatic hydroxyl groups is 2. The maximum atomic E-state index is 14.4. The Bertz CT molecular complexity index is 2550. The molecule has 26 N–H and O–H groups in total. The molecule has 0 rings (SSSR count). The van der Waals surface area contributed by atoms with Crippen LogP contribution in [-0.4, -0.2) is 202 Å². The van der Waals surface area contributed by atoms with E-state index in [1.54, 1.807) is 55.4 Å². The first-order valence-electron chi connectivity index (χ1n) is 33.5. The lowest BCUT2D eigenvalue weighted by Gasteiger charge is -2.30. The molecule has 97 heavy (non-hydrogen) atoms. The van der Waals surface area contributed by atoms with Gasteiger partial charge in [-0.3, -0.25) is 62.7 Å². The zero-order valence-corrected chi connectivity index (χ0v) is 59.8. The molecule has 0 aromatic heterocycles. The molecule has 0 saturated heterocycles. The average Bonchev–Trinajstić information content (AvgIpc) is 0.877. The zero-order valence-electron chi connectivity index (χ0n) is 58.1. The first kappa shape index (κ1) is 89.9. The van der Waals surface area contributed by atoms with Gasteiger partial charge in [0.1, 0.15) is 60.2 Å². The molecule has 0 heterocycles. The number of nitrogens with zero attached hydrogens (tertiary/aromatic N) is 2. The van der Waals surface area contributed by atoms with Gasteiger partial charge in [0.05, 0.1) is 25.3 Å². The molecule has 33 nitrogen and oxygen atoms in total. The van der Waals surface area contributed by atoms with Gasteiger partial charge in [-0.15, -0.1) is 0 Å². The van der Waals surface area contributed by atoms with Crippen LogP contribution < -0.4 is 88.0 Å². The number of carboxylic acid groups (broad SMARTS) is 1. The Morgan fingerprint density at radius 3 is 1.16 bits per heavy atom. The van der Waals surface area contributed by atoms with Gasteiger partial charge in [-0.05, 0) is 81.5 Å². The van der Waals surface area contributed by atoms with Gasteiger partial charge in [-0.2, -0.15) is 0 Å². The Balaban J connectivity index is 6.58. The molecule has 0 unspecified atom stereocenters. The van der Waals surface area contributed by atoms with Crippen molar-refractivity contribution in [3.63, 3.8) is 0 Å². The summed E-state index contributed by atoms with van der Waals surface area (Å²) in [6, 6.07) is -15.1. The number of nitrogens with two attached hydrogens (primary N) is 7. The van der Waals surface area contributed by atoms with Crippen molar-refractivity contribution in [2.45, 2.75) is 244 Å². The number of aliphatic carboxylic acids is 1. The third-order valence-electron chi connectivity index (χ3n) is 15.3. The van der Waals surface area contributed by atoms with Gasteiger partial charge in [0.15, 0.2) is 11.9 Å². The van der Waals surface area contributed by atoms with Crippen molar-refractivity contribution < 1.29 is 72.9 Å². The number of ketones is 1. The van der Waals surface area contributed by atoms with Crippen LogP contribution in [0.5, 0.6) is 0 Å². The van der Waals surface area contributed by atoms with Crippen molar-refractivity contribution >= 4 is 104 Å². The van der Waals surface area contributed by atoms with E-state index in [1.165, 1.54) is 34.4 Å². The van der Waals surface area contributed by atoms with E-state index in [9.17, 15) is 72.9 Å². The molecule has 0 spiro atoms. The van der Waals surface area contributed by atoms with Crippen LogP contribution in [0.25, 0.3) is 0 Å². The first-order valence-corrected chi connectivity index (χ1v) is 36.0. The third kappa shape index (κ3) is 39.8. The fourth-order valence-corrected chi connectivity index (χ4v) is 11.8. The number of Topliss-reactive ketones (excluding diaryl/α,β-unsaturated/α-hetero) is 1. The number of carbonyl (C=O) groups is 12. The molecule has 0 aliphatic carbocycles. The summed E-state index contributed by atoms with van der Waals surface area (Å²) in [6.45, 7) is 14.0. The molecule has 0 aliphatic heterocycles. The second kappa shape index (κ2) is 50.3. The van der Waals surface area contributed by atoms with Crippen molar-refractivity contribution in [2.75, 3.05) is 37.8 Å². The minimum atomic E-state index is -1.76. The van der Waals surface area contributed by atoms with Crippen LogP contribution in [0.1, 0.15) is 178 Å². The molecule has 0 saturated carbocycles. The largest absolute Gasteiger partial charge is 0.480 e. The lowest BCUT2D eigenvalue weighted by atomic mass is 9.96. The Morgan fingerprint density at radius 1 is 0.402 bits per heavy atom. The van der Waals surface area contributed by atoms with Gasteiger partial charge in [0, 0.05) is 37.4 Å². The molecule has 0 aromatic carbocycles. The van der Waals surface area contributed by atoms with Crippen LogP contribution in [0.2, 0.25) is 0 Å². The van der Waals surface area contributed by atoms with Crippen molar-refractivity contribution in [1.29, 1.82) is 0 Å². The SMILES string of the molecule is CCCCCCCCCC(=O)[C@@H](N)CSSC[C@H](N)C(=O)N[C@@H](CCC(N)=O)C(=O)N[C@@H](CC(C)C)C(=O)N[C@@H](CC(C)C)C(=O)N[C@@H](CCCN=C(N)N)C(=O)N[C@@H](CO)C(=O)N[C@@H](CC(C)C)C(=O)N[C@H](C(=O)N[C@H](CO)C(=O)N[C@@H](CCCN=C(N)N)C(=O)O)[C@@H](C)CC. The number of primary amides is 1. The van der Waals surface area contributed by atoms with Crippen LogP contribution >= 0.6 is 21.6 Å². The highest BCUT2D eigenvalue weighted by Gasteiger charge is 2.37. The summed E-state index contributed by atoms with van der Waals surface area (Å²) in [5.41, 5.74) is 39.5. The van der Waals surface area contributed by atoms with Crippen molar-refractivity contribution in [1.82, 2.24) is 47.9 Å². The standard InChI is InChI=1S/C62H116N18O15S2/c1-10-12-13-14-15-16-17-22-48(83)38(63)32-96-97-33-39(64)51(85)72-41(23-24-49(65)84)53(87)75-44(28-35(5)6)55(89)76-43(27-34(3)4)54(88)73-40(20-18-25-70-61(66)67)52(86)78-46(30-81)58(92)77-45(29-36(7)8)56(90)80-50(37(9)11-2)59(93)79-47(31-82)57(91)74-42(60(94)95)21-19-26-71-62(68)69/h34-47,50,81-82H,10-33,63-64H2,1-9H3,(H2,65,84)(H,72,85)(H,73,88)(H,74,91)(H,75,87)(H,76,89)(H,77,92)(H,78,86)(H,79,93)(H,80,90)(H,94,95)(H4,66,67,70)(H4,68,69,71)/t37-,38-,39-,40-,41-,42-,43-,44-,45-,46-,47+,50-/m0/s1. The van der Waals surface area contributed by atoms with E-state index in [-0.39, 0.29) is 118 Å². The summed E-state index contributed by atoms with van der Waals surface area (Å²) in [5, 5.41) is 53.2. The molecule has 0 aromatic rings. The number of hydrogen-bond acceptors (Lipinski definition) is 20. The normalized spacial score (nSPS) is 15.0. The molecule has 12 atom stereocenters. The first-order chi connectivity index (χ1) is 45.6. The molecule has 0 bridgehead atoms. The van der Waals surface area contributed by atoms with E-state index in [2.05, 4.69) is 64.8 Å². The molecule has 0 radical (unpaired) electrons. The Kier molecular flexibility index (Phi) is 46.6. The average molecular weight is 1420 g/mol. The van der Waals surface area contributed by atoms with Gasteiger partial charge in [0.2, 0.25) is 59.1 Å². The van der Waals surface area contributed by atoms with E-state index in [0.29, 0.717) is 12.8 Å². The van der Waals surface area contributed by atoms with Gasteiger partial charge in [-0.1, -0.05) is 129 Å². The molecule has 0 fully saturated rings. The van der Waals surface area contributed by atoms with Crippen molar-refractivity contribution in [3.05, 3.63) is 0 Å². The van der Waals surface area contributed by atoms with E-state index >= 15 is 0 Å². The topological polar surface area (TPSA) is 581 Å². The van der Waals surface area contributed by atoms with Crippen LogP contribution in [0, 0.1) is 23.7 Å². The summed E-state index contributed by atoms with van der Waals surface area (Å²) in [7, 11) is 2.49. The molecule has 0 aliphatic rings. The quantitative estimate of drug-likeness (QED) is 0.0132. The number of amides is 10. The fraction of sp³-hybridized carbons (Fsp3) is 0.774. The molecular weight excluding hydrogens is 1300 g/mol. The third-order valence-corrected chi connectivity index (χ3v) is 17.7. The molecule has 556 valence electrons. The van der Waals surface area contributed by atoms with E-state index in [0.717, 1.165) is 32.1 Å². The molecule has 35 heteroatoms. The lowest BCUT2D eigenvalue weighted by molar-refractivity contribution is -0.143. The van der Waals surface area contributed by atoms with Crippen LogP contribution in [0.4, 0.5) is 0 Å². The van der Waals surface area contributed by atoms with Crippen LogP contribution in [-0.2, 0) is 57.5 Å². The number of aliphatic hydroxyl groups excluding tert-OH is 2. The highest BCUT2D eigenvalue weighted by molar-refractivity contribution is 8.76. The maximum Gasteiger partial charge on any atom is 0.326 e. The minimum Gasteiger partial charge on any atom is -0.480 e. The number of carboxylic acids is 1. The minimum absolute atomic E-state index is 0.00995. The van der Waals surface area contributed by atoms with Gasteiger partial charge in [0.25, 0.3) is 0 Å². The number of carbonyl (C=O) groups excluding carboxylic acids is 11. The summed E-state index contributed by atoms with van der Waals surface area (Å²) < 4.78 is 0. The Morgan fingerprint density at radius 2 is 0.753 bits per heavy atom. The van der Waals surface area contributed by atoms with Gasteiger partial charge < -0.3 is 103 Å². The zero-order chi connectivity index (χ0) is 73.9. The van der Waals surface area contributed by atoms with Gasteiger partial charge in [-0.25, -0.2) is 4.79 Å². The van der Waals surface area contributed by atoms with Crippen molar-refractivity contribution in [2.24, 2.45) is 73.8 Å². The summed E-state index contributed by atoms with van der Waals surface area (Å²) in [6.07, 6.45) is 7.41. The number of rotatable bonds is 54. The van der Waals surface area contributed by atoms with Gasteiger partial charge >= 0.3 is 5.97 Å². The fourth-order valence-electron chi connectivity index (χ4n) is 9.57. The summed E-state index contributed by atoms with van der Waals surface area (Å²) in [4.78, 5) is 170. The number of nitrogens with one attached hydrogen (secondary N) is 9. The Hall–Kier alpha value is -7.08. The number of hydrogen-bond donors (Lipinski definition) is 19. The molecular formula is C62H116N18O15S2. The summed E-state index contributed by atoms with van der Waals surface area (Å²) in [5.74, 6) is -12.1. The van der Waals surface area contributed by atoms with E-state index in [4.69, 9.17) is 40.1 Å².